The van der Waals surface area contributed by atoms with Crippen molar-refractivity contribution in [3.8, 4) is 28.5 Å². The molecule has 4 aromatic heterocycles. The maximum atomic E-state index is 9.33. The standard InChI is InChI=1S/C61H38N4/c1-3-17-37(18-4-1)38-35-54(64-48-27-13-9-21-40(48)41-22-10-14-28-49(41)64)62-55(36-38)65-51-30-16-12-26-45(51)58-53(65)34-32-47-56-42-23-7-8-24-43(42)59(61(47)58)60-46(56)31-33-52-57(60)44-25-11-15-29-50(44)63(52)39-19-5-2-6-20-39/h1-36,56,59H/i9D,10D,13D,14D,21D,22D,27D,28D. The minimum absolute atomic E-state index is 0.00145. The van der Waals surface area contributed by atoms with Gasteiger partial charge in [-0.05, 0) is 105 Å². The highest BCUT2D eigenvalue weighted by Gasteiger charge is 2.44. The van der Waals surface area contributed by atoms with E-state index < -0.39 is 36.3 Å². The van der Waals surface area contributed by atoms with E-state index >= 15 is 0 Å². The fourth-order valence-corrected chi connectivity index (χ4v) is 11.6. The summed E-state index contributed by atoms with van der Waals surface area (Å²) in [6.45, 7) is 0. The largest absolute Gasteiger partial charge is 0.309 e. The molecule has 0 saturated heterocycles. The van der Waals surface area contributed by atoms with Crippen LogP contribution in [-0.2, 0) is 0 Å². The summed E-state index contributed by atoms with van der Waals surface area (Å²) in [4.78, 5) is 5.45. The minimum Gasteiger partial charge on any atom is -0.309 e. The van der Waals surface area contributed by atoms with E-state index in [0.717, 1.165) is 49.7 Å². The van der Waals surface area contributed by atoms with Crippen LogP contribution in [-0.4, -0.2) is 18.7 Å². The Balaban J connectivity index is 1.06. The first-order chi connectivity index (χ1) is 35.6. The summed E-state index contributed by atoms with van der Waals surface area (Å²) in [7, 11) is 0. The van der Waals surface area contributed by atoms with Crippen LogP contribution >= 0.6 is 0 Å². The van der Waals surface area contributed by atoms with Gasteiger partial charge in [0.25, 0.3) is 0 Å². The molecule has 0 fully saturated rings. The number of nitrogens with zero attached hydrogens (tertiary/aromatic N) is 4. The molecule has 2 atom stereocenters. The summed E-state index contributed by atoms with van der Waals surface area (Å²) in [5, 5.41) is 4.61. The predicted octanol–water partition coefficient (Wildman–Crippen LogP) is 15.0. The van der Waals surface area contributed by atoms with Crippen LogP contribution in [0.1, 0.15) is 56.2 Å². The van der Waals surface area contributed by atoms with Crippen molar-refractivity contribution in [3.05, 3.63) is 252 Å². The van der Waals surface area contributed by atoms with Gasteiger partial charge < -0.3 is 4.57 Å². The molecule has 0 spiro atoms. The van der Waals surface area contributed by atoms with Gasteiger partial charge in [-0.15, -0.1) is 0 Å². The zero-order valence-corrected chi connectivity index (χ0v) is 34.6. The third-order valence-electron chi connectivity index (χ3n) is 14.1. The quantitative estimate of drug-likeness (QED) is 0.174. The third-order valence-corrected chi connectivity index (χ3v) is 14.1. The number of para-hydroxylation sites is 5. The Morgan fingerprint density at radius 3 is 1.45 bits per heavy atom. The summed E-state index contributed by atoms with van der Waals surface area (Å²) in [6, 6.07) is 56.0. The van der Waals surface area contributed by atoms with Gasteiger partial charge >= 0.3 is 0 Å². The average Bonchev–Trinajstić information content (AvgIpc) is 4.11. The van der Waals surface area contributed by atoms with Gasteiger partial charge in [0.2, 0.25) is 0 Å². The molecule has 9 aromatic carbocycles. The lowest BCUT2D eigenvalue weighted by Crippen LogP contribution is -2.28. The lowest BCUT2D eigenvalue weighted by atomic mass is 9.59. The second-order valence-corrected chi connectivity index (χ2v) is 17.2. The van der Waals surface area contributed by atoms with Crippen LogP contribution in [0.5, 0.6) is 0 Å². The predicted molar refractivity (Wildman–Crippen MR) is 267 cm³/mol. The van der Waals surface area contributed by atoms with Crippen molar-refractivity contribution in [2.75, 3.05) is 0 Å². The SMILES string of the molecule is [2H]c1c([2H])c([2H])c2c(c1[2H])c1c([2H])c([2H])c([2H])c([2H])c1n2-c1cc(-c2ccccc2)cc(-n2c3ccccc3c3c4c(ccc32)C2c3ccccc3C4c3c2ccc2c3c3ccccc3n2-c2ccccc2)n1. The molecule has 2 unspecified atom stereocenters. The molecule has 0 amide bonds. The second-order valence-electron chi connectivity index (χ2n) is 17.2. The number of aromatic nitrogens is 4. The molecule has 13 aromatic rings. The highest BCUT2D eigenvalue weighted by Crippen LogP contribution is 2.60. The van der Waals surface area contributed by atoms with Gasteiger partial charge in [-0.3, -0.25) is 9.13 Å². The summed E-state index contributed by atoms with van der Waals surface area (Å²) in [6.07, 6.45) is 0. The molecule has 0 aliphatic heterocycles. The molecule has 3 aliphatic carbocycles. The molecule has 65 heavy (non-hydrogen) atoms. The van der Waals surface area contributed by atoms with Crippen molar-refractivity contribution >= 4 is 65.4 Å². The first-order valence-electron chi connectivity index (χ1n) is 26.0. The van der Waals surface area contributed by atoms with Crippen molar-refractivity contribution < 1.29 is 11.0 Å². The normalized spacial score (nSPS) is 16.8. The van der Waals surface area contributed by atoms with E-state index in [0.29, 0.717) is 5.82 Å². The number of fused-ring (bicyclic) bond motifs is 9. The van der Waals surface area contributed by atoms with E-state index in [4.69, 9.17) is 13.2 Å². The molecule has 3 aliphatic rings. The van der Waals surface area contributed by atoms with Crippen LogP contribution in [0.15, 0.2) is 218 Å². The van der Waals surface area contributed by atoms with Gasteiger partial charge in [0.1, 0.15) is 11.6 Å². The van der Waals surface area contributed by atoms with Crippen molar-refractivity contribution in [2.24, 2.45) is 0 Å². The Hall–Kier alpha value is -8.47. The molecule has 4 heteroatoms. The molecule has 0 N–H and O–H groups in total. The van der Waals surface area contributed by atoms with E-state index in [1.807, 2.05) is 48.5 Å². The molecular weight excluding hydrogens is 789 g/mol. The molecule has 4 nitrogen and oxygen atoms in total. The van der Waals surface area contributed by atoms with E-state index in [9.17, 15) is 2.74 Å². The summed E-state index contributed by atoms with van der Waals surface area (Å²) in [5.74, 6) is 0.598. The van der Waals surface area contributed by atoms with Crippen LogP contribution in [0.25, 0.3) is 93.9 Å². The second kappa shape index (κ2) is 13.0. The van der Waals surface area contributed by atoms with E-state index in [2.05, 4.69) is 130 Å². The minimum atomic E-state index is -0.495. The van der Waals surface area contributed by atoms with Gasteiger partial charge in [0, 0.05) is 49.8 Å². The van der Waals surface area contributed by atoms with Gasteiger partial charge in [0.05, 0.1) is 44.1 Å². The Kier molecular flexibility index (Phi) is 5.67. The van der Waals surface area contributed by atoms with Crippen LogP contribution in [0.3, 0.4) is 0 Å². The van der Waals surface area contributed by atoms with Crippen molar-refractivity contribution in [1.82, 2.24) is 18.7 Å². The monoisotopic (exact) mass is 834 g/mol. The first kappa shape index (κ1) is 28.3. The van der Waals surface area contributed by atoms with Gasteiger partial charge in [-0.2, -0.15) is 0 Å². The van der Waals surface area contributed by atoms with Crippen LogP contribution in [0.2, 0.25) is 0 Å². The lowest BCUT2D eigenvalue weighted by Gasteiger charge is -2.43. The smallest absolute Gasteiger partial charge is 0.140 e. The number of hydrogen-bond donors (Lipinski definition) is 0. The zero-order valence-electron chi connectivity index (χ0n) is 42.6. The van der Waals surface area contributed by atoms with E-state index in [1.54, 1.807) is 0 Å². The summed E-state index contributed by atoms with van der Waals surface area (Å²) < 4.78 is 78.0. The number of pyridine rings is 1. The zero-order chi connectivity index (χ0) is 49.3. The fourth-order valence-electron chi connectivity index (χ4n) is 11.6. The molecule has 0 saturated carbocycles. The highest BCUT2D eigenvalue weighted by molar-refractivity contribution is 6.16. The van der Waals surface area contributed by atoms with Crippen LogP contribution in [0, 0.1) is 0 Å². The Labute approximate surface area is 385 Å². The first-order valence-corrected chi connectivity index (χ1v) is 22.0. The Morgan fingerprint density at radius 1 is 0.354 bits per heavy atom. The summed E-state index contributed by atoms with van der Waals surface area (Å²) >= 11 is 0. The summed E-state index contributed by atoms with van der Waals surface area (Å²) in [5.41, 5.74) is 14.6. The topological polar surface area (TPSA) is 27.7 Å². The molecular formula is C61H38N4. The fraction of sp³-hybridized carbons (Fsp3) is 0.0328. The Morgan fingerprint density at radius 2 is 0.831 bits per heavy atom. The molecule has 16 rings (SSSR count). The van der Waals surface area contributed by atoms with Crippen molar-refractivity contribution in [1.29, 1.82) is 0 Å². The maximum Gasteiger partial charge on any atom is 0.140 e. The van der Waals surface area contributed by atoms with Crippen molar-refractivity contribution in [3.63, 3.8) is 0 Å². The number of rotatable bonds is 4. The lowest BCUT2D eigenvalue weighted by molar-refractivity contribution is 0.768. The van der Waals surface area contributed by atoms with Crippen LogP contribution < -0.4 is 0 Å². The van der Waals surface area contributed by atoms with Gasteiger partial charge in [0.15, 0.2) is 0 Å². The maximum absolute atomic E-state index is 9.33. The molecule has 2 bridgehead atoms. The number of hydrogen-bond acceptors (Lipinski definition) is 1. The van der Waals surface area contributed by atoms with E-state index in [1.165, 1.54) is 48.7 Å². The molecule has 302 valence electrons. The molecule has 0 radical (unpaired) electrons. The molecule has 4 heterocycles. The van der Waals surface area contributed by atoms with Gasteiger partial charge in [-0.25, -0.2) is 4.98 Å². The van der Waals surface area contributed by atoms with Crippen molar-refractivity contribution in [2.45, 2.75) is 11.8 Å². The highest BCUT2D eigenvalue weighted by atomic mass is 15.1. The third kappa shape index (κ3) is 4.67. The number of benzene rings is 9. The average molecular weight is 835 g/mol. The van der Waals surface area contributed by atoms with Gasteiger partial charge in [-0.1, -0.05) is 158 Å². The van der Waals surface area contributed by atoms with E-state index in [-0.39, 0.29) is 51.5 Å². The van der Waals surface area contributed by atoms with Crippen LogP contribution in [0.4, 0.5) is 0 Å². The Bertz CT molecular complexity index is 4540.